The van der Waals surface area contributed by atoms with Gasteiger partial charge in [0.25, 0.3) is 0 Å². The van der Waals surface area contributed by atoms with Crippen molar-refractivity contribution in [2.75, 3.05) is 17.7 Å². The molecule has 4 heteroatoms. The van der Waals surface area contributed by atoms with E-state index in [4.69, 9.17) is 4.74 Å². The number of ether oxygens (including phenoxy) is 1. The van der Waals surface area contributed by atoms with Crippen LogP contribution in [0.25, 0.3) is 0 Å². The van der Waals surface area contributed by atoms with Crippen LogP contribution in [0.1, 0.15) is 32.6 Å². The first-order valence-corrected chi connectivity index (χ1v) is 6.84. The quantitative estimate of drug-likeness (QED) is 0.877. The number of anilines is 2. The number of hydrogen-bond donors (Lipinski definition) is 2. The molecule has 104 valence electrons. The lowest BCUT2D eigenvalue weighted by atomic mass is 9.92. The van der Waals surface area contributed by atoms with Crippen LogP contribution in [0.2, 0.25) is 0 Å². The SMILES string of the molecule is COC1CCCC(Nc2cccc(NC(C)=O)c2)C1. The van der Waals surface area contributed by atoms with Crippen LogP contribution in [0.4, 0.5) is 11.4 Å². The van der Waals surface area contributed by atoms with E-state index < -0.39 is 0 Å². The standard InChI is InChI=1S/C15H22N2O2/c1-11(18)16-12-5-3-6-13(9-12)17-14-7-4-8-15(10-14)19-2/h3,5-6,9,14-15,17H,4,7-8,10H2,1-2H3,(H,16,18). The summed E-state index contributed by atoms with van der Waals surface area (Å²) >= 11 is 0. The smallest absolute Gasteiger partial charge is 0.221 e. The van der Waals surface area contributed by atoms with Gasteiger partial charge in [-0.05, 0) is 43.9 Å². The van der Waals surface area contributed by atoms with Gasteiger partial charge in [-0.25, -0.2) is 0 Å². The van der Waals surface area contributed by atoms with Crippen LogP contribution in [-0.2, 0) is 9.53 Å². The molecule has 0 radical (unpaired) electrons. The van der Waals surface area contributed by atoms with Crippen LogP contribution < -0.4 is 10.6 Å². The van der Waals surface area contributed by atoms with Crippen molar-refractivity contribution < 1.29 is 9.53 Å². The van der Waals surface area contributed by atoms with E-state index >= 15 is 0 Å². The van der Waals surface area contributed by atoms with Crippen molar-refractivity contribution in [3.05, 3.63) is 24.3 Å². The lowest BCUT2D eigenvalue weighted by Gasteiger charge is -2.29. The zero-order valence-electron chi connectivity index (χ0n) is 11.6. The van der Waals surface area contributed by atoms with Crippen LogP contribution in [0.15, 0.2) is 24.3 Å². The Kier molecular flexibility index (Phi) is 4.80. The Hall–Kier alpha value is -1.55. The third kappa shape index (κ3) is 4.24. The predicted octanol–water partition coefficient (Wildman–Crippen LogP) is 3.01. The van der Waals surface area contributed by atoms with Gasteiger partial charge in [0.05, 0.1) is 6.10 Å². The number of amides is 1. The van der Waals surface area contributed by atoms with E-state index in [1.54, 1.807) is 7.11 Å². The van der Waals surface area contributed by atoms with Crippen molar-refractivity contribution in [1.82, 2.24) is 0 Å². The van der Waals surface area contributed by atoms with Gasteiger partial charge in [0.2, 0.25) is 5.91 Å². The average molecular weight is 262 g/mol. The van der Waals surface area contributed by atoms with Crippen molar-refractivity contribution in [2.24, 2.45) is 0 Å². The van der Waals surface area contributed by atoms with Crippen LogP contribution in [0, 0.1) is 0 Å². The molecular formula is C15H22N2O2. The zero-order chi connectivity index (χ0) is 13.7. The van der Waals surface area contributed by atoms with Crippen LogP contribution in [-0.4, -0.2) is 25.2 Å². The average Bonchev–Trinajstić information content (AvgIpc) is 2.38. The fraction of sp³-hybridized carbons (Fsp3) is 0.533. The van der Waals surface area contributed by atoms with E-state index in [0.29, 0.717) is 12.1 Å². The first-order valence-electron chi connectivity index (χ1n) is 6.84. The van der Waals surface area contributed by atoms with E-state index in [9.17, 15) is 4.79 Å². The molecule has 2 atom stereocenters. The van der Waals surface area contributed by atoms with Crippen LogP contribution in [0.3, 0.4) is 0 Å². The minimum absolute atomic E-state index is 0.0470. The minimum atomic E-state index is -0.0470. The van der Waals surface area contributed by atoms with Crippen LogP contribution >= 0.6 is 0 Å². The highest BCUT2D eigenvalue weighted by Crippen LogP contribution is 2.25. The summed E-state index contributed by atoms with van der Waals surface area (Å²) in [5.74, 6) is -0.0470. The fourth-order valence-corrected chi connectivity index (χ4v) is 2.62. The van der Waals surface area contributed by atoms with E-state index in [2.05, 4.69) is 10.6 Å². The Balaban J connectivity index is 1.96. The maximum atomic E-state index is 11.0. The zero-order valence-corrected chi connectivity index (χ0v) is 11.6. The summed E-state index contributed by atoms with van der Waals surface area (Å²) in [7, 11) is 1.78. The Bertz CT molecular complexity index is 434. The summed E-state index contributed by atoms with van der Waals surface area (Å²) in [5, 5.41) is 6.33. The number of carbonyl (C=O) groups is 1. The van der Waals surface area contributed by atoms with Gasteiger partial charge in [-0.1, -0.05) is 6.07 Å². The molecule has 1 aromatic rings. The fourth-order valence-electron chi connectivity index (χ4n) is 2.62. The summed E-state index contributed by atoms with van der Waals surface area (Å²) in [6, 6.07) is 8.29. The highest BCUT2D eigenvalue weighted by atomic mass is 16.5. The molecule has 1 saturated carbocycles. The predicted molar refractivity (Wildman–Crippen MR) is 77.4 cm³/mol. The van der Waals surface area contributed by atoms with E-state index in [-0.39, 0.29) is 5.91 Å². The molecule has 2 N–H and O–H groups in total. The molecule has 0 heterocycles. The number of nitrogens with one attached hydrogen (secondary N) is 2. The van der Waals surface area contributed by atoms with Gasteiger partial charge < -0.3 is 15.4 Å². The van der Waals surface area contributed by atoms with E-state index in [1.165, 1.54) is 19.8 Å². The van der Waals surface area contributed by atoms with E-state index in [1.807, 2.05) is 24.3 Å². The normalized spacial score (nSPS) is 22.8. The maximum absolute atomic E-state index is 11.0. The number of carbonyl (C=O) groups excluding carboxylic acids is 1. The van der Waals surface area contributed by atoms with Gasteiger partial charge in [-0.3, -0.25) is 4.79 Å². The second-order valence-corrected chi connectivity index (χ2v) is 5.13. The number of rotatable bonds is 4. The van der Waals surface area contributed by atoms with Crippen molar-refractivity contribution in [3.63, 3.8) is 0 Å². The Morgan fingerprint density at radius 3 is 2.84 bits per heavy atom. The number of methoxy groups -OCH3 is 1. The van der Waals surface area contributed by atoms with Gasteiger partial charge in [0, 0.05) is 31.5 Å². The molecule has 1 aromatic carbocycles. The second kappa shape index (κ2) is 6.57. The molecule has 0 aromatic heterocycles. The van der Waals surface area contributed by atoms with Gasteiger partial charge >= 0.3 is 0 Å². The lowest BCUT2D eigenvalue weighted by molar-refractivity contribution is -0.114. The third-order valence-corrected chi connectivity index (χ3v) is 3.51. The maximum Gasteiger partial charge on any atom is 0.221 e. The minimum Gasteiger partial charge on any atom is -0.382 e. The van der Waals surface area contributed by atoms with Gasteiger partial charge in [0.1, 0.15) is 0 Å². The molecule has 1 amide bonds. The molecule has 19 heavy (non-hydrogen) atoms. The first kappa shape index (κ1) is 13.9. The van der Waals surface area contributed by atoms with Crippen molar-refractivity contribution in [3.8, 4) is 0 Å². The summed E-state index contributed by atoms with van der Waals surface area (Å²) in [6.07, 6.45) is 4.93. The summed E-state index contributed by atoms with van der Waals surface area (Å²) in [6.45, 7) is 1.52. The molecule has 1 aliphatic rings. The molecule has 4 nitrogen and oxygen atoms in total. The highest BCUT2D eigenvalue weighted by Gasteiger charge is 2.21. The lowest BCUT2D eigenvalue weighted by Crippen LogP contribution is -2.31. The van der Waals surface area contributed by atoms with Gasteiger partial charge in [-0.2, -0.15) is 0 Å². The van der Waals surface area contributed by atoms with Gasteiger partial charge in [-0.15, -0.1) is 0 Å². The van der Waals surface area contributed by atoms with Crippen molar-refractivity contribution in [2.45, 2.75) is 44.8 Å². The first-order chi connectivity index (χ1) is 9.17. The third-order valence-electron chi connectivity index (χ3n) is 3.51. The molecular weight excluding hydrogens is 240 g/mol. The molecule has 0 aliphatic heterocycles. The van der Waals surface area contributed by atoms with Crippen LogP contribution in [0.5, 0.6) is 0 Å². The van der Waals surface area contributed by atoms with E-state index in [0.717, 1.165) is 24.2 Å². The molecule has 1 fully saturated rings. The number of hydrogen-bond acceptors (Lipinski definition) is 3. The van der Waals surface area contributed by atoms with Gasteiger partial charge in [0.15, 0.2) is 0 Å². The second-order valence-electron chi connectivity index (χ2n) is 5.13. The van der Waals surface area contributed by atoms with Crippen molar-refractivity contribution >= 4 is 17.3 Å². The molecule has 0 spiro atoms. The topological polar surface area (TPSA) is 50.4 Å². The summed E-state index contributed by atoms with van der Waals surface area (Å²) in [4.78, 5) is 11.0. The monoisotopic (exact) mass is 262 g/mol. The number of benzene rings is 1. The Morgan fingerprint density at radius 2 is 2.11 bits per heavy atom. The summed E-state index contributed by atoms with van der Waals surface area (Å²) < 4.78 is 5.44. The van der Waals surface area contributed by atoms with Crippen molar-refractivity contribution in [1.29, 1.82) is 0 Å². The Labute approximate surface area is 114 Å². The molecule has 0 bridgehead atoms. The Morgan fingerprint density at radius 1 is 1.32 bits per heavy atom. The summed E-state index contributed by atoms with van der Waals surface area (Å²) in [5.41, 5.74) is 1.88. The highest BCUT2D eigenvalue weighted by molar-refractivity contribution is 5.89. The molecule has 0 saturated heterocycles. The molecule has 2 rings (SSSR count). The molecule has 1 aliphatic carbocycles. The largest absolute Gasteiger partial charge is 0.382 e. The molecule has 2 unspecified atom stereocenters.